The van der Waals surface area contributed by atoms with E-state index in [2.05, 4.69) is 74.5 Å². The van der Waals surface area contributed by atoms with Gasteiger partial charge in [-0.15, -0.1) is 0 Å². The zero-order valence-corrected chi connectivity index (χ0v) is 28.2. The third-order valence-electron chi connectivity index (χ3n) is 9.97. The van der Waals surface area contributed by atoms with E-state index in [9.17, 15) is 14.4 Å². The Balaban J connectivity index is 1.66. The van der Waals surface area contributed by atoms with Gasteiger partial charge in [0.25, 0.3) is 5.91 Å². The number of rotatable bonds is 13. The molecule has 3 aliphatic heterocycles. The van der Waals surface area contributed by atoms with Crippen molar-refractivity contribution < 1.29 is 13.9 Å². The quantitative estimate of drug-likeness (QED) is 0.102. The van der Waals surface area contributed by atoms with Gasteiger partial charge in [-0.05, 0) is 101 Å². The molecule has 8 heteroatoms. The summed E-state index contributed by atoms with van der Waals surface area (Å²) in [6.45, 7) is 15.6. The molecule has 7 nitrogen and oxygen atoms in total. The van der Waals surface area contributed by atoms with Crippen LogP contribution in [0.25, 0.3) is 0 Å². The number of hydrogen-bond acceptors (Lipinski definition) is 5. The van der Waals surface area contributed by atoms with Crippen LogP contribution in [0.15, 0.2) is 64.3 Å². The van der Waals surface area contributed by atoms with Crippen molar-refractivity contribution in [1.82, 2.24) is 14.7 Å². The van der Waals surface area contributed by atoms with E-state index in [4.69, 9.17) is 9.73 Å². The lowest BCUT2D eigenvalue weighted by atomic mass is 9.83. The van der Waals surface area contributed by atoms with Gasteiger partial charge in [-0.1, -0.05) is 49.8 Å². The van der Waals surface area contributed by atoms with Crippen molar-refractivity contribution in [2.24, 2.45) is 10.9 Å². The van der Waals surface area contributed by atoms with E-state index in [-0.39, 0.29) is 6.42 Å². The van der Waals surface area contributed by atoms with Crippen molar-refractivity contribution >= 4 is 11.7 Å². The first-order chi connectivity index (χ1) is 21.5. The van der Waals surface area contributed by atoms with Gasteiger partial charge < -0.3 is 14.5 Å². The van der Waals surface area contributed by atoms with E-state index >= 15 is 0 Å². The molecule has 4 aliphatic rings. The molecule has 1 aromatic carbocycles. The smallest absolute Gasteiger partial charge is 0.282 e. The van der Waals surface area contributed by atoms with Crippen molar-refractivity contribution in [3.05, 3.63) is 70.4 Å². The molecule has 4 fully saturated rings. The SMILES string of the molecule is C=C(F)C(=O)N1CCN(C(=N/C(OCC2C3CC(C3)N2C)=C(C)C)/C(CCC)=C(\C)CCCc2ccccc2C)CC1CC#N. The Morgan fingerprint density at radius 1 is 1.18 bits per heavy atom. The Morgan fingerprint density at radius 3 is 2.51 bits per heavy atom. The number of benzene rings is 1. The first kappa shape index (κ1) is 34.4. The Morgan fingerprint density at radius 2 is 1.91 bits per heavy atom. The number of carbonyl (C=O) groups is 1. The van der Waals surface area contributed by atoms with E-state index in [1.807, 2.05) is 13.8 Å². The monoisotopic (exact) mass is 617 g/mol. The van der Waals surface area contributed by atoms with E-state index in [0.29, 0.717) is 50.1 Å². The molecule has 5 rings (SSSR count). The second kappa shape index (κ2) is 15.7. The number of nitriles is 1. The number of halogens is 1. The van der Waals surface area contributed by atoms with Crippen LogP contribution in [0.2, 0.25) is 0 Å². The van der Waals surface area contributed by atoms with Crippen molar-refractivity contribution in [2.45, 2.75) is 104 Å². The number of aryl methyl sites for hydroxylation is 2. The molecule has 1 aromatic rings. The molecule has 0 N–H and O–H groups in total. The second-order valence-corrected chi connectivity index (χ2v) is 13.3. The van der Waals surface area contributed by atoms with Gasteiger partial charge in [-0.2, -0.15) is 10.3 Å². The lowest BCUT2D eigenvalue weighted by molar-refractivity contribution is -0.132. The van der Waals surface area contributed by atoms with Crippen LogP contribution in [0.3, 0.4) is 0 Å². The van der Waals surface area contributed by atoms with Gasteiger partial charge in [-0.3, -0.25) is 9.69 Å². The van der Waals surface area contributed by atoms with E-state index in [0.717, 1.165) is 43.5 Å². The maximum atomic E-state index is 13.9. The predicted octanol–water partition coefficient (Wildman–Crippen LogP) is 7.10. The average Bonchev–Trinajstić information content (AvgIpc) is 3.47. The lowest BCUT2D eigenvalue weighted by Crippen LogP contribution is -2.56. The number of amidine groups is 1. The molecule has 0 spiro atoms. The lowest BCUT2D eigenvalue weighted by Gasteiger charge is -2.42. The van der Waals surface area contributed by atoms with Crippen LogP contribution in [-0.4, -0.2) is 77.9 Å². The minimum Gasteiger partial charge on any atom is -0.476 e. The highest BCUT2D eigenvalue weighted by Gasteiger charge is 2.48. The summed E-state index contributed by atoms with van der Waals surface area (Å²) in [5, 5.41) is 9.62. The number of carbonyl (C=O) groups excluding carboxylic acids is 1. The van der Waals surface area contributed by atoms with Crippen LogP contribution >= 0.6 is 0 Å². The highest BCUT2D eigenvalue weighted by Crippen LogP contribution is 2.45. The fourth-order valence-electron chi connectivity index (χ4n) is 7.11. The van der Waals surface area contributed by atoms with E-state index in [1.54, 1.807) is 0 Å². The summed E-state index contributed by atoms with van der Waals surface area (Å²) < 4.78 is 20.5. The molecule has 244 valence electrons. The summed E-state index contributed by atoms with van der Waals surface area (Å²) in [7, 11) is 2.20. The van der Waals surface area contributed by atoms with Crippen molar-refractivity contribution in [1.29, 1.82) is 5.26 Å². The standard InChI is InChI=1S/C37H52FN5O2/c1-8-12-33(27(5)14-11-16-29-15-10-9-13-26(29)4)35(42-19-20-43(37(44)28(6)38)31(23-42)17-18-39)40-36(25(2)3)45-24-34-30-21-32(22-30)41(34)7/h9-10,13,15,30-32,34H,6,8,11-12,14,16-17,19-24H2,1-5,7H3/b33-27+,40-35+. The second-order valence-electron chi connectivity index (χ2n) is 13.3. The zero-order chi connectivity index (χ0) is 32.7. The third-order valence-corrected chi connectivity index (χ3v) is 9.97. The molecular formula is C37H52FN5O2. The maximum absolute atomic E-state index is 13.9. The van der Waals surface area contributed by atoms with Gasteiger partial charge in [0.05, 0.1) is 18.5 Å². The summed E-state index contributed by atoms with van der Waals surface area (Å²) in [4.78, 5) is 24.0. The summed E-state index contributed by atoms with van der Waals surface area (Å²) >= 11 is 0. The molecular weight excluding hydrogens is 565 g/mol. The van der Waals surface area contributed by atoms with Gasteiger partial charge in [0.2, 0.25) is 5.88 Å². The number of ether oxygens (including phenoxy) is 1. The molecule has 1 amide bonds. The number of hydrogen-bond donors (Lipinski definition) is 0. The van der Waals surface area contributed by atoms with Gasteiger partial charge in [-0.25, -0.2) is 4.39 Å². The van der Waals surface area contributed by atoms with Crippen molar-refractivity contribution in [3.8, 4) is 6.07 Å². The van der Waals surface area contributed by atoms with Crippen LogP contribution < -0.4 is 0 Å². The average molecular weight is 618 g/mol. The zero-order valence-electron chi connectivity index (χ0n) is 28.2. The summed E-state index contributed by atoms with van der Waals surface area (Å²) in [5.41, 5.74) is 6.18. The first-order valence-corrected chi connectivity index (χ1v) is 16.7. The Kier molecular flexibility index (Phi) is 12.0. The van der Waals surface area contributed by atoms with E-state index in [1.165, 1.54) is 40.0 Å². The van der Waals surface area contributed by atoms with Crippen LogP contribution in [0.5, 0.6) is 0 Å². The molecule has 3 heterocycles. The van der Waals surface area contributed by atoms with Crippen LogP contribution in [0.4, 0.5) is 4.39 Å². The molecule has 45 heavy (non-hydrogen) atoms. The number of amides is 1. The number of allylic oxidation sites excluding steroid dienone is 2. The number of fused-ring (bicyclic) bond motifs is 1. The largest absolute Gasteiger partial charge is 0.476 e. The van der Waals surface area contributed by atoms with Gasteiger partial charge in [0, 0.05) is 31.7 Å². The molecule has 3 saturated heterocycles. The number of piperazine rings is 1. The molecule has 2 unspecified atom stereocenters. The summed E-state index contributed by atoms with van der Waals surface area (Å²) in [5.74, 6) is 0.440. The Bertz CT molecular complexity index is 1360. The van der Waals surface area contributed by atoms with Crippen LogP contribution in [0, 0.1) is 24.2 Å². The fraction of sp³-hybridized carbons (Fsp3) is 0.595. The van der Waals surface area contributed by atoms with Crippen molar-refractivity contribution in [3.63, 3.8) is 0 Å². The van der Waals surface area contributed by atoms with Gasteiger partial charge in [0.15, 0.2) is 5.83 Å². The summed E-state index contributed by atoms with van der Waals surface area (Å²) in [6, 6.07) is 11.4. The van der Waals surface area contributed by atoms with E-state index < -0.39 is 17.8 Å². The molecule has 2 atom stereocenters. The normalized spacial score (nSPS) is 23.6. The molecule has 0 aromatic heterocycles. The number of nitrogens with zero attached hydrogens (tertiary/aromatic N) is 5. The maximum Gasteiger partial charge on any atom is 0.282 e. The van der Waals surface area contributed by atoms with Gasteiger partial charge >= 0.3 is 0 Å². The third kappa shape index (κ3) is 8.24. The fourth-order valence-corrected chi connectivity index (χ4v) is 7.11. The predicted molar refractivity (Wildman–Crippen MR) is 179 cm³/mol. The topological polar surface area (TPSA) is 72.2 Å². The molecule has 0 radical (unpaired) electrons. The number of aliphatic imine (C=N–C) groups is 1. The van der Waals surface area contributed by atoms with Crippen molar-refractivity contribution in [2.75, 3.05) is 33.3 Å². The Labute approximate surface area is 270 Å². The number of likely N-dealkylation sites (N-methyl/N-ethyl adjacent to an activating group) is 1. The molecule has 1 aliphatic carbocycles. The minimum atomic E-state index is -0.994. The van der Waals surface area contributed by atoms with Crippen LogP contribution in [0.1, 0.15) is 83.8 Å². The first-order valence-electron chi connectivity index (χ1n) is 16.7. The molecule has 1 saturated carbocycles. The summed E-state index contributed by atoms with van der Waals surface area (Å²) in [6.07, 6.45) is 7.38. The highest BCUT2D eigenvalue weighted by molar-refractivity contribution is 6.00. The van der Waals surface area contributed by atoms with Gasteiger partial charge in [0.1, 0.15) is 12.4 Å². The minimum absolute atomic E-state index is 0.105. The molecule has 2 bridgehead atoms. The Hall–Kier alpha value is -3.44. The highest BCUT2D eigenvalue weighted by atomic mass is 19.1. The van der Waals surface area contributed by atoms with Crippen LogP contribution in [-0.2, 0) is 16.0 Å².